The Morgan fingerprint density at radius 1 is 0.857 bits per heavy atom. The van der Waals surface area contributed by atoms with Crippen LogP contribution in [-0.2, 0) is 13.1 Å². The summed E-state index contributed by atoms with van der Waals surface area (Å²) in [5.41, 5.74) is 6.43. The van der Waals surface area contributed by atoms with E-state index in [1.165, 1.54) is 27.6 Å². The van der Waals surface area contributed by atoms with Crippen LogP contribution >= 0.6 is 0 Å². The molecule has 1 N–H and O–H groups in total. The molecule has 2 heteroatoms. The number of fused-ring (bicyclic) bond motifs is 1. The van der Waals surface area contributed by atoms with Crippen LogP contribution in [0.4, 0.5) is 0 Å². The minimum absolute atomic E-state index is 0.835. The number of hydrogen-bond donors (Lipinski definition) is 1. The molecule has 3 rings (SSSR count). The summed E-state index contributed by atoms with van der Waals surface area (Å²) in [5.74, 6) is 0. The zero-order valence-corrected chi connectivity index (χ0v) is 12.6. The van der Waals surface area contributed by atoms with E-state index < -0.39 is 0 Å². The van der Waals surface area contributed by atoms with Crippen molar-refractivity contribution in [2.24, 2.45) is 0 Å². The van der Waals surface area contributed by atoms with Gasteiger partial charge in [-0.2, -0.15) is 0 Å². The molecule has 1 aromatic heterocycles. The summed E-state index contributed by atoms with van der Waals surface area (Å²) in [7, 11) is 0. The van der Waals surface area contributed by atoms with E-state index in [2.05, 4.69) is 66.6 Å². The third-order valence-corrected chi connectivity index (χ3v) is 4.06. The van der Waals surface area contributed by atoms with Gasteiger partial charge in [0, 0.05) is 24.7 Å². The van der Waals surface area contributed by atoms with Crippen molar-refractivity contribution >= 4 is 10.9 Å². The van der Waals surface area contributed by atoms with Crippen molar-refractivity contribution < 1.29 is 0 Å². The second-order valence-electron chi connectivity index (χ2n) is 5.45. The largest absolute Gasteiger partial charge is 0.309 e. The molecule has 2 aromatic carbocycles. The number of aryl methyl sites for hydroxylation is 1. The Labute approximate surface area is 125 Å². The van der Waals surface area contributed by atoms with Crippen LogP contribution in [0.25, 0.3) is 10.9 Å². The van der Waals surface area contributed by atoms with Crippen LogP contribution in [0.2, 0.25) is 0 Å². The molecule has 2 nitrogen and oxygen atoms in total. The normalized spacial score (nSPS) is 11.0. The third kappa shape index (κ3) is 2.96. The summed E-state index contributed by atoms with van der Waals surface area (Å²) in [6.07, 6.45) is 1.86. The lowest BCUT2D eigenvalue weighted by molar-refractivity contribution is 0.692. The van der Waals surface area contributed by atoms with Crippen molar-refractivity contribution in [1.29, 1.82) is 0 Å². The highest BCUT2D eigenvalue weighted by Gasteiger charge is 2.03. The zero-order valence-electron chi connectivity index (χ0n) is 12.6. The van der Waals surface area contributed by atoms with Crippen LogP contribution in [0.15, 0.2) is 54.7 Å². The molecule has 0 amide bonds. The maximum absolute atomic E-state index is 4.50. The zero-order chi connectivity index (χ0) is 14.7. The summed E-state index contributed by atoms with van der Waals surface area (Å²) in [6, 6.07) is 16.9. The molecular formula is C19H20N2. The molecule has 3 aromatic rings. The SMILES string of the molecule is Cc1cccc(CNCc2cccc3cccnc23)c1C. The number of aromatic nitrogens is 1. The summed E-state index contributed by atoms with van der Waals surface area (Å²) >= 11 is 0. The molecule has 0 saturated carbocycles. The highest BCUT2D eigenvalue weighted by atomic mass is 14.9. The van der Waals surface area contributed by atoms with Gasteiger partial charge in [-0.15, -0.1) is 0 Å². The molecule has 106 valence electrons. The highest BCUT2D eigenvalue weighted by molar-refractivity contribution is 5.81. The van der Waals surface area contributed by atoms with Crippen LogP contribution in [0.5, 0.6) is 0 Å². The van der Waals surface area contributed by atoms with Gasteiger partial charge in [-0.3, -0.25) is 4.98 Å². The van der Waals surface area contributed by atoms with Gasteiger partial charge in [-0.05, 0) is 42.2 Å². The van der Waals surface area contributed by atoms with Crippen molar-refractivity contribution in [2.45, 2.75) is 26.9 Å². The van der Waals surface area contributed by atoms with Crippen molar-refractivity contribution in [1.82, 2.24) is 10.3 Å². The average Bonchev–Trinajstić information content (AvgIpc) is 2.52. The molecular weight excluding hydrogens is 256 g/mol. The second kappa shape index (κ2) is 6.06. The Balaban J connectivity index is 1.74. The van der Waals surface area contributed by atoms with Crippen LogP contribution in [0, 0.1) is 13.8 Å². The van der Waals surface area contributed by atoms with Crippen LogP contribution in [0.1, 0.15) is 22.3 Å². The van der Waals surface area contributed by atoms with Crippen LogP contribution < -0.4 is 5.32 Å². The minimum atomic E-state index is 0.835. The molecule has 0 saturated heterocycles. The monoisotopic (exact) mass is 276 g/mol. The predicted octanol–water partition coefficient (Wildman–Crippen LogP) is 4.14. The van der Waals surface area contributed by atoms with Gasteiger partial charge >= 0.3 is 0 Å². The number of benzene rings is 2. The molecule has 0 bridgehead atoms. The molecule has 0 aliphatic heterocycles. The number of nitrogens with zero attached hydrogens (tertiary/aromatic N) is 1. The fraction of sp³-hybridized carbons (Fsp3) is 0.211. The minimum Gasteiger partial charge on any atom is -0.309 e. The Kier molecular flexibility index (Phi) is 3.98. The van der Waals surface area contributed by atoms with Gasteiger partial charge in [-0.25, -0.2) is 0 Å². The fourth-order valence-corrected chi connectivity index (χ4v) is 2.65. The van der Waals surface area contributed by atoms with Gasteiger partial charge < -0.3 is 5.32 Å². The van der Waals surface area contributed by atoms with Crippen LogP contribution in [-0.4, -0.2) is 4.98 Å². The third-order valence-electron chi connectivity index (χ3n) is 4.06. The first kappa shape index (κ1) is 13.8. The molecule has 0 unspecified atom stereocenters. The van der Waals surface area contributed by atoms with E-state index in [-0.39, 0.29) is 0 Å². The van der Waals surface area contributed by atoms with E-state index in [9.17, 15) is 0 Å². The summed E-state index contributed by atoms with van der Waals surface area (Å²) in [4.78, 5) is 4.50. The lowest BCUT2D eigenvalue weighted by Gasteiger charge is -2.11. The Bertz CT molecular complexity index is 757. The first-order valence-electron chi connectivity index (χ1n) is 7.34. The van der Waals surface area contributed by atoms with E-state index in [4.69, 9.17) is 0 Å². The van der Waals surface area contributed by atoms with E-state index in [1.54, 1.807) is 0 Å². The highest BCUT2D eigenvalue weighted by Crippen LogP contribution is 2.16. The number of para-hydroxylation sites is 1. The van der Waals surface area contributed by atoms with E-state index in [0.717, 1.165) is 18.6 Å². The first-order chi connectivity index (χ1) is 10.3. The number of pyridine rings is 1. The van der Waals surface area contributed by atoms with E-state index >= 15 is 0 Å². The standard InChI is InChI=1S/C19H20N2/c1-14-6-3-8-17(15(14)2)12-20-13-18-9-4-7-16-10-5-11-21-19(16)18/h3-11,20H,12-13H2,1-2H3. The van der Waals surface area contributed by atoms with Gasteiger partial charge in [0.25, 0.3) is 0 Å². The second-order valence-corrected chi connectivity index (χ2v) is 5.45. The Morgan fingerprint density at radius 3 is 2.48 bits per heavy atom. The smallest absolute Gasteiger partial charge is 0.0746 e. The van der Waals surface area contributed by atoms with E-state index in [1.807, 2.05) is 12.3 Å². The van der Waals surface area contributed by atoms with Crippen molar-refractivity contribution in [3.05, 3.63) is 77.0 Å². The van der Waals surface area contributed by atoms with Gasteiger partial charge in [0.2, 0.25) is 0 Å². The quantitative estimate of drug-likeness (QED) is 0.774. The molecule has 0 radical (unpaired) electrons. The fourth-order valence-electron chi connectivity index (χ4n) is 2.65. The number of hydrogen-bond acceptors (Lipinski definition) is 2. The van der Waals surface area contributed by atoms with Gasteiger partial charge in [0.05, 0.1) is 5.52 Å². The lowest BCUT2D eigenvalue weighted by Crippen LogP contribution is -2.14. The summed E-state index contributed by atoms with van der Waals surface area (Å²) in [6.45, 7) is 6.07. The number of rotatable bonds is 4. The topological polar surface area (TPSA) is 24.9 Å². The molecule has 0 atom stereocenters. The van der Waals surface area contributed by atoms with Gasteiger partial charge in [0.1, 0.15) is 0 Å². The molecule has 1 heterocycles. The first-order valence-corrected chi connectivity index (χ1v) is 7.34. The lowest BCUT2D eigenvalue weighted by atomic mass is 10.0. The maximum Gasteiger partial charge on any atom is 0.0746 e. The molecule has 0 aliphatic rings. The summed E-state index contributed by atoms with van der Waals surface area (Å²) in [5, 5.41) is 4.74. The molecule has 0 fully saturated rings. The number of nitrogens with one attached hydrogen (secondary N) is 1. The maximum atomic E-state index is 4.50. The van der Waals surface area contributed by atoms with Gasteiger partial charge in [-0.1, -0.05) is 42.5 Å². The van der Waals surface area contributed by atoms with Gasteiger partial charge in [0.15, 0.2) is 0 Å². The summed E-state index contributed by atoms with van der Waals surface area (Å²) < 4.78 is 0. The van der Waals surface area contributed by atoms with Crippen LogP contribution in [0.3, 0.4) is 0 Å². The van der Waals surface area contributed by atoms with Crippen molar-refractivity contribution in [3.8, 4) is 0 Å². The Hall–Kier alpha value is -2.19. The molecule has 21 heavy (non-hydrogen) atoms. The van der Waals surface area contributed by atoms with Crippen molar-refractivity contribution in [3.63, 3.8) is 0 Å². The molecule has 0 spiro atoms. The molecule has 0 aliphatic carbocycles. The average molecular weight is 276 g/mol. The predicted molar refractivity (Wildman–Crippen MR) is 88.2 cm³/mol. The Morgan fingerprint density at radius 2 is 1.57 bits per heavy atom. The van der Waals surface area contributed by atoms with E-state index in [0.29, 0.717) is 0 Å². The van der Waals surface area contributed by atoms with Crippen molar-refractivity contribution in [2.75, 3.05) is 0 Å².